The van der Waals surface area contributed by atoms with Crippen LogP contribution in [-0.4, -0.2) is 15.0 Å². The third-order valence-electron chi connectivity index (χ3n) is 9.11. The second-order valence-corrected chi connectivity index (χ2v) is 12.0. The standard InChI is InChI=1S/C43H25N3O2/c1-3-11-26(12-4-1)41-44-42(27-13-5-2-6-14-27)46-43(45-41)34-18-10-20-37-39(34)33-17-9-16-31(40(33)48-37)29-22-21-28-25-38-35(24-30(28)23-29)32-15-7-8-19-36(32)47-38/h1-25H. The Balaban J connectivity index is 1.17. The Hall–Kier alpha value is -6.59. The van der Waals surface area contributed by atoms with Crippen molar-refractivity contribution in [3.05, 3.63) is 152 Å². The van der Waals surface area contributed by atoms with Crippen LogP contribution in [0.25, 0.3) is 99.9 Å². The number of para-hydroxylation sites is 2. The minimum atomic E-state index is 0.600. The van der Waals surface area contributed by atoms with Gasteiger partial charge in [-0.2, -0.15) is 0 Å². The van der Waals surface area contributed by atoms with E-state index in [2.05, 4.69) is 66.7 Å². The molecule has 0 amide bonds. The number of nitrogens with zero attached hydrogens (tertiary/aromatic N) is 3. The van der Waals surface area contributed by atoms with Crippen LogP contribution in [0.1, 0.15) is 0 Å². The van der Waals surface area contributed by atoms with Gasteiger partial charge in [-0.25, -0.2) is 15.0 Å². The highest BCUT2D eigenvalue weighted by Gasteiger charge is 2.20. The van der Waals surface area contributed by atoms with E-state index in [4.69, 9.17) is 23.8 Å². The Kier molecular flexibility index (Phi) is 5.81. The Morgan fingerprint density at radius 1 is 0.354 bits per heavy atom. The number of furan rings is 2. The van der Waals surface area contributed by atoms with Gasteiger partial charge >= 0.3 is 0 Å². The summed E-state index contributed by atoms with van der Waals surface area (Å²) in [5.41, 5.74) is 8.28. The summed E-state index contributed by atoms with van der Waals surface area (Å²) in [7, 11) is 0. The maximum Gasteiger partial charge on any atom is 0.164 e. The minimum absolute atomic E-state index is 0.600. The molecule has 3 aromatic heterocycles. The molecule has 7 aromatic carbocycles. The molecule has 10 aromatic rings. The van der Waals surface area contributed by atoms with Crippen LogP contribution in [-0.2, 0) is 0 Å². The van der Waals surface area contributed by atoms with E-state index in [0.717, 1.165) is 82.5 Å². The largest absolute Gasteiger partial charge is 0.456 e. The second kappa shape index (κ2) is 10.5. The van der Waals surface area contributed by atoms with Crippen LogP contribution in [0.2, 0.25) is 0 Å². The van der Waals surface area contributed by atoms with Crippen LogP contribution in [0.3, 0.4) is 0 Å². The van der Waals surface area contributed by atoms with Gasteiger partial charge in [0, 0.05) is 43.8 Å². The molecular weight excluding hydrogens is 590 g/mol. The van der Waals surface area contributed by atoms with Gasteiger partial charge in [-0.1, -0.05) is 121 Å². The van der Waals surface area contributed by atoms with Crippen LogP contribution in [0, 0.1) is 0 Å². The van der Waals surface area contributed by atoms with Crippen molar-refractivity contribution in [3.8, 4) is 45.3 Å². The van der Waals surface area contributed by atoms with Crippen molar-refractivity contribution in [2.75, 3.05) is 0 Å². The Morgan fingerprint density at radius 3 is 1.79 bits per heavy atom. The first kappa shape index (κ1) is 26.6. The van der Waals surface area contributed by atoms with Crippen LogP contribution < -0.4 is 0 Å². The average molecular weight is 616 g/mol. The number of aromatic nitrogens is 3. The molecule has 3 heterocycles. The SMILES string of the molecule is c1ccc(-c2nc(-c3ccccc3)nc(-c3cccc4oc5c(-c6ccc7cc8oc9ccccc9c8cc7c6)cccc5c34)n2)cc1. The number of benzene rings is 7. The van der Waals surface area contributed by atoms with Gasteiger partial charge in [0.1, 0.15) is 22.3 Å². The maximum absolute atomic E-state index is 6.67. The van der Waals surface area contributed by atoms with Gasteiger partial charge in [-0.05, 0) is 46.7 Å². The van der Waals surface area contributed by atoms with Crippen LogP contribution in [0.5, 0.6) is 0 Å². The van der Waals surface area contributed by atoms with Crippen molar-refractivity contribution in [1.82, 2.24) is 15.0 Å². The molecular formula is C43H25N3O2. The molecule has 48 heavy (non-hydrogen) atoms. The molecule has 0 unspecified atom stereocenters. The summed E-state index contributed by atoms with van der Waals surface area (Å²) in [4.78, 5) is 14.9. The number of fused-ring (bicyclic) bond motifs is 7. The summed E-state index contributed by atoms with van der Waals surface area (Å²) < 4.78 is 12.8. The molecule has 10 rings (SSSR count). The van der Waals surface area contributed by atoms with Gasteiger partial charge in [0.2, 0.25) is 0 Å². The van der Waals surface area contributed by atoms with Gasteiger partial charge in [0.05, 0.1) is 0 Å². The summed E-state index contributed by atoms with van der Waals surface area (Å²) in [5.74, 6) is 1.85. The topological polar surface area (TPSA) is 65.0 Å². The lowest BCUT2D eigenvalue weighted by Gasteiger charge is -2.09. The van der Waals surface area contributed by atoms with Crippen molar-refractivity contribution >= 4 is 54.6 Å². The summed E-state index contributed by atoms with van der Waals surface area (Å²) >= 11 is 0. The number of hydrogen-bond donors (Lipinski definition) is 0. The summed E-state index contributed by atoms with van der Waals surface area (Å²) in [6, 6.07) is 51.6. The molecule has 0 fully saturated rings. The van der Waals surface area contributed by atoms with E-state index in [1.54, 1.807) is 0 Å². The normalized spacial score (nSPS) is 11.8. The molecule has 0 bridgehead atoms. The zero-order valence-corrected chi connectivity index (χ0v) is 25.6. The lowest BCUT2D eigenvalue weighted by Crippen LogP contribution is -2.00. The molecule has 0 N–H and O–H groups in total. The van der Waals surface area contributed by atoms with E-state index in [9.17, 15) is 0 Å². The molecule has 0 radical (unpaired) electrons. The molecule has 0 aliphatic heterocycles. The zero-order chi connectivity index (χ0) is 31.6. The van der Waals surface area contributed by atoms with Gasteiger partial charge in [-0.3, -0.25) is 0 Å². The van der Waals surface area contributed by atoms with Crippen LogP contribution in [0.15, 0.2) is 160 Å². The molecule has 224 valence electrons. The molecule has 0 aliphatic rings. The predicted octanol–water partition coefficient (Wildman–Crippen LogP) is 11.5. The van der Waals surface area contributed by atoms with E-state index in [1.807, 2.05) is 84.9 Å². The summed E-state index contributed by atoms with van der Waals surface area (Å²) in [5, 5.41) is 6.50. The average Bonchev–Trinajstić information content (AvgIpc) is 3.72. The lowest BCUT2D eigenvalue weighted by molar-refractivity contribution is 0.669. The first-order valence-electron chi connectivity index (χ1n) is 15.9. The maximum atomic E-state index is 6.67. The summed E-state index contributed by atoms with van der Waals surface area (Å²) in [6.45, 7) is 0. The fourth-order valence-corrected chi connectivity index (χ4v) is 6.83. The molecule has 0 aliphatic carbocycles. The van der Waals surface area contributed by atoms with Crippen molar-refractivity contribution in [1.29, 1.82) is 0 Å². The smallest absolute Gasteiger partial charge is 0.164 e. The van der Waals surface area contributed by atoms with Gasteiger partial charge < -0.3 is 8.83 Å². The van der Waals surface area contributed by atoms with Gasteiger partial charge in [-0.15, -0.1) is 0 Å². The van der Waals surface area contributed by atoms with Crippen molar-refractivity contribution in [3.63, 3.8) is 0 Å². The molecule has 0 saturated carbocycles. The summed E-state index contributed by atoms with van der Waals surface area (Å²) in [6.07, 6.45) is 0. The third kappa shape index (κ3) is 4.22. The molecule has 5 nitrogen and oxygen atoms in total. The Labute approximate surface area is 274 Å². The second-order valence-electron chi connectivity index (χ2n) is 12.0. The highest BCUT2D eigenvalue weighted by molar-refractivity contribution is 6.16. The fraction of sp³-hybridized carbons (Fsp3) is 0. The first-order chi connectivity index (χ1) is 23.8. The Morgan fingerprint density at radius 2 is 1.00 bits per heavy atom. The van der Waals surface area contributed by atoms with Gasteiger partial charge in [0.15, 0.2) is 17.5 Å². The highest BCUT2D eigenvalue weighted by atomic mass is 16.3. The molecule has 5 heteroatoms. The number of rotatable bonds is 4. The van der Waals surface area contributed by atoms with E-state index in [0.29, 0.717) is 17.5 Å². The van der Waals surface area contributed by atoms with E-state index < -0.39 is 0 Å². The predicted molar refractivity (Wildman–Crippen MR) is 194 cm³/mol. The zero-order valence-electron chi connectivity index (χ0n) is 25.6. The monoisotopic (exact) mass is 615 g/mol. The van der Waals surface area contributed by atoms with Gasteiger partial charge in [0.25, 0.3) is 0 Å². The van der Waals surface area contributed by atoms with E-state index in [1.165, 1.54) is 0 Å². The van der Waals surface area contributed by atoms with Crippen molar-refractivity contribution in [2.24, 2.45) is 0 Å². The van der Waals surface area contributed by atoms with Crippen molar-refractivity contribution in [2.45, 2.75) is 0 Å². The highest BCUT2D eigenvalue weighted by Crippen LogP contribution is 2.41. The van der Waals surface area contributed by atoms with E-state index >= 15 is 0 Å². The quantitative estimate of drug-likeness (QED) is 0.197. The lowest BCUT2D eigenvalue weighted by atomic mass is 9.97. The van der Waals surface area contributed by atoms with Crippen molar-refractivity contribution < 1.29 is 8.83 Å². The van der Waals surface area contributed by atoms with E-state index in [-0.39, 0.29) is 0 Å². The molecule has 0 saturated heterocycles. The Bertz CT molecular complexity index is 2780. The molecule has 0 atom stereocenters. The molecule has 0 spiro atoms. The minimum Gasteiger partial charge on any atom is -0.456 e. The van der Waals surface area contributed by atoms with Crippen LogP contribution in [0.4, 0.5) is 0 Å². The first-order valence-corrected chi connectivity index (χ1v) is 15.9. The number of hydrogen-bond acceptors (Lipinski definition) is 5. The fourth-order valence-electron chi connectivity index (χ4n) is 6.83. The third-order valence-corrected chi connectivity index (χ3v) is 9.11. The van der Waals surface area contributed by atoms with Crippen LogP contribution >= 0.6 is 0 Å².